The lowest BCUT2D eigenvalue weighted by atomic mass is 9.68. The molecule has 1 N–H and O–H groups in total. The van der Waals surface area contributed by atoms with E-state index in [1.165, 1.54) is 31.8 Å². The van der Waals surface area contributed by atoms with Crippen LogP contribution in [0, 0.1) is 11.8 Å². The number of fused-ring (bicyclic) bond motifs is 6. The standard InChI is InChI=1S/C23H31N3O3S/c1-16(27)24-20-7-9-21(10-8-20)30(28,29)26-12-4-5-17-13-18-14-19(23(17)26)15-25-11-3-2-6-22(18)25/h7-10,13,18-19,22-23H,2-6,11-12,14-15H2,1H3,(H,24,27)/t18-,19-,22+,23-/m0/s1. The maximum atomic E-state index is 13.6. The molecule has 1 amide bonds. The number of sulfonamides is 1. The number of anilines is 1. The maximum Gasteiger partial charge on any atom is 0.243 e. The van der Waals surface area contributed by atoms with Crippen LogP contribution in [0.3, 0.4) is 0 Å². The quantitative estimate of drug-likeness (QED) is 0.749. The fourth-order valence-electron chi connectivity index (χ4n) is 6.24. The van der Waals surface area contributed by atoms with Gasteiger partial charge in [-0.05, 0) is 74.8 Å². The molecule has 5 rings (SSSR count). The molecule has 1 aliphatic carbocycles. The predicted octanol–water partition coefficient (Wildman–Crippen LogP) is 3.23. The Balaban J connectivity index is 1.44. The van der Waals surface area contributed by atoms with Crippen LogP contribution in [0.1, 0.15) is 45.4 Å². The van der Waals surface area contributed by atoms with Gasteiger partial charge in [-0.15, -0.1) is 0 Å². The summed E-state index contributed by atoms with van der Waals surface area (Å²) in [4.78, 5) is 14.2. The molecular formula is C23H31N3O3S. The van der Waals surface area contributed by atoms with E-state index in [2.05, 4.69) is 16.3 Å². The molecular weight excluding hydrogens is 398 g/mol. The van der Waals surface area contributed by atoms with Crippen LogP contribution in [0.4, 0.5) is 5.69 Å². The molecule has 30 heavy (non-hydrogen) atoms. The summed E-state index contributed by atoms with van der Waals surface area (Å²) in [6.45, 7) is 4.21. The number of benzene rings is 1. The molecule has 0 spiro atoms. The monoisotopic (exact) mass is 429 g/mol. The fourth-order valence-corrected chi connectivity index (χ4v) is 7.97. The van der Waals surface area contributed by atoms with Crippen molar-refractivity contribution in [3.8, 4) is 0 Å². The Morgan fingerprint density at radius 1 is 1.10 bits per heavy atom. The zero-order valence-corrected chi connectivity index (χ0v) is 18.4. The second-order valence-electron chi connectivity index (χ2n) is 9.33. The maximum absolute atomic E-state index is 13.6. The van der Waals surface area contributed by atoms with Crippen LogP contribution >= 0.6 is 0 Å². The number of carbonyl (C=O) groups excluding carboxylic acids is 1. The van der Waals surface area contributed by atoms with Crippen LogP contribution in [0.25, 0.3) is 0 Å². The molecule has 3 fully saturated rings. The van der Waals surface area contributed by atoms with Crippen LogP contribution in [-0.4, -0.2) is 55.2 Å². The predicted molar refractivity (Wildman–Crippen MR) is 117 cm³/mol. The Labute approximate surface area is 179 Å². The molecule has 4 atom stereocenters. The van der Waals surface area contributed by atoms with Gasteiger partial charge in [0.25, 0.3) is 0 Å². The van der Waals surface area contributed by atoms with Gasteiger partial charge in [0.05, 0.1) is 10.9 Å². The SMILES string of the molecule is CC(=O)Nc1ccc(S(=O)(=O)N2CCCC3=C[C@H]4C[C@@H](CN5CCCC[C@H]45)[C@H]32)cc1. The highest BCUT2D eigenvalue weighted by molar-refractivity contribution is 7.89. The van der Waals surface area contributed by atoms with E-state index >= 15 is 0 Å². The van der Waals surface area contributed by atoms with Gasteiger partial charge in [-0.2, -0.15) is 4.31 Å². The van der Waals surface area contributed by atoms with Gasteiger partial charge in [0.15, 0.2) is 0 Å². The summed E-state index contributed by atoms with van der Waals surface area (Å²) in [5.74, 6) is 0.814. The highest BCUT2D eigenvalue weighted by Crippen LogP contribution is 2.46. The van der Waals surface area contributed by atoms with Crippen molar-refractivity contribution in [3.05, 3.63) is 35.9 Å². The minimum absolute atomic E-state index is 0.00195. The Kier molecular flexibility index (Phi) is 5.24. The number of rotatable bonds is 3. The van der Waals surface area contributed by atoms with Gasteiger partial charge in [-0.25, -0.2) is 8.42 Å². The summed E-state index contributed by atoms with van der Waals surface area (Å²) < 4.78 is 29.0. The Hall–Kier alpha value is -1.70. The van der Waals surface area contributed by atoms with Crippen LogP contribution < -0.4 is 5.32 Å². The van der Waals surface area contributed by atoms with Crippen LogP contribution in [0.5, 0.6) is 0 Å². The molecule has 3 saturated heterocycles. The van der Waals surface area contributed by atoms with E-state index in [4.69, 9.17) is 0 Å². The highest BCUT2D eigenvalue weighted by Gasteiger charge is 2.48. The molecule has 0 unspecified atom stereocenters. The van der Waals surface area contributed by atoms with Crippen molar-refractivity contribution >= 4 is 21.6 Å². The van der Waals surface area contributed by atoms with Crippen LogP contribution in [0.2, 0.25) is 0 Å². The summed E-state index contributed by atoms with van der Waals surface area (Å²) >= 11 is 0. The zero-order valence-electron chi connectivity index (χ0n) is 17.6. The third-order valence-electron chi connectivity index (χ3n) is 7.39. The molecule has 1 aromatic carbocycles. The van der Waals surface area contributed by atoms with Gasteiger partial charge in [0.2, 0.25) is 15.9 Å². The molecule has 1 aromatic rings. The second-order valence-corrected chi connectivity index (χ2v) is 11.2. The molecule has 3 heterocycles. The Morgan fingerprint density at radius 2 is 1.90 bits per heavy atom. The number of amides is 1. The minimum atomic E-state index is -3.58. The normalized spacial score (nSPS) is 32.0. The van der Waals surface area contributed by atoms with Gasteiger partial charge < -0.3 is 5.32 Å². The fraction of sp³-hybridized carbons (Fsp3) is 0.609. The van der Waals surface area contributed by atoms with E-state index < -0.39 is 10.0 Å². The molecule has 3 aliphatic heterocycles. The second kappa shape index (κ2) is 7.77. The lowest BCUT2D eigenvalue weighted by Gasteiger charge is -2.54. The van der Waals surface area contributed by atoms with Crippen molar-refractivity contribution < 1.29 is 13.2 Å². The van der Waals surface area contributed by atoms with E-state index in [0.717, 1.165) is 32.4 Å². The van der Waals surface area contributed by atoms with Crippen molar-refractivity contribution in [2.75, 3.05) is 25.0 Å². The molecule has 162 valence electrons. The third kappa shape index (κ3) is 3.51. The van der Waals surface area contributed by atoms with Crippen LogP contribution in [-0.2, 0) is 14.8 Å². The molecule has 4 aliphatic rings. The first-order valence-corrected chi connectivity index (χ1v) is 12.7. The van der Waals surface area contributed by atoms with E-state index in [0.29, 0.717) is 35.0 Å². The number of nitrogens with zero attached hydrogens (tertiary/aromatic N) is 2. The first kappa shape index (κ1) is 20.2. The van der Waals surface area contributed by atoms with Gasteiger partial charge >= 0.3 is 0 Å². The molecule has 6 nitrogen and oxygen atoms in total. The highest BCUT2D eigenvalue weighted by atomic mass is 32.2. The molecule has 2 bridgehead atoms. The number of carbonyl (C=O) groups is 1. The van der Waals surface area contributed by atoms with Gasteiger partial charge in [0, 0.05) is 31.7 Å². The Bertz CT molecular complexity index is 956. The van der Waals surface area contributed by atoms with E-state index in [1.54, 1.807) is 28.6 Å². The van der Waals surface area contributed by atoms with E-state index in [1.807, 2.05) is 0 Å². The number of piperidine rings is 3. The van der Waals surface area contributed by atoms with Gasteiger partial charge in [0.1, 0.15) is 0 Å². The smallest absolute Gasteiger partial charge is 0.243 e. The molecule has 7 heteroatoms. The van der Waals surface area contributed by atoms with Crippen molar-refractivity contribution in [1.82, 2.24) is 9.21 Å². The van der Waals surface area contributed by atoms with Gasteiger partial charge in [-0.1, -0.05) is 18.1 Å². The summed E-state index contributed by atoms with van der Waals surface area (Å²) in [6.07, 6.45) is 9.35. The number of hydrogen-bond acceptors (Lipinski definition) is 4. The summed E-state index contributed by atoms with van der Waals surface area (Å²) in [7, 11) is -3.58. The van der Waals surface area contributed by atoms with Crippen molar-refractivity contribution in [3.63, 3.8) is 0 Å². The number of nitrogens with one attached hydrogen (secondary N) is 1. The summed E-state index contributed by atoms with van der Waals surface area (Å²) in [6, 6.07) is 7.24. The molecule has 0 saturated carbocycles. The average Bonchev–Trinajstić information content (AvgIpc) is 2.73. The number of hydrogen-bond donors (Lipinski definition) is 1. The zero-order chi connectivity index (χ0) is 20.9. The first-order valence-electron chi connectivity index (χ1n) is 11.3. The average molecular weight is 430 g/mol. The third-order valence-corrected chi connectivity index (χ3v) is 9.29. The summed E-state index contributed by atoms with van der Waals surface area (Å²) in [5, 5.41) is 2.70. The largest absolute Gasteiger partial charge is 0.326 e. The van der Waals surface area contributed by atoms with Crippen molar-refractivity contribution in [1.29, 1.82) is 0 Å². The van der Waals surface area contributed by atoms with Crippen molar-refractivity contribution in [2.24, 2.45) is 11.8 Å². The lowest BCUT2D eigenvalue weighted by molar-refractivity contribution is -0.114. The van der Waals surface area contributed by atoms with Gasteiger partial charge in [-0.3, -0.25) is 9.69 Å². The first-order chi connectivity index (χ1) is 14.4. The lowest BCUT2D eigenvalue weighted by Crippen LogP contribution is -2.59. The van der Waals surface area contributed by atoms with Crippen LogP contribution in [0.15, 0.2) is 40.8 Å². The molecule has 0 radical (unpaired) electrons. The molecule has 0 aromatic heterocycles. The Morgan fingerprint density at radius 3 is 2.67 bits per heavy atom. The van der Waals surface area contributed by atoms with E-state index in [-0.39, 0.29) is 11.9 Å². The minimum Gasteiger partial charge on any atom is -0.326 e. The van der Waals surface area contributed by atoms with Crippen molar-refractivity contribution in [2.45, 2.75) is 62.4 Å². The van der Waals surface area contributed by atoms with E-state index in [9.17, 15) is 13.2 Å². The summed E-state index contributed by atoms with van der Waals surface area (Å²) in [5.41, 5.74) is 1.97. The topological polar surface area (TPSA) is 69.7 Å².